The van der Waals surface area contributed by atoms with Crippen LogP contribution in [0.4, 0.5) is 4.79 Å². The van der Waals surface area contributed by atoms with Crippen molar-refractivity contribution in [3.63, 3.8) is 0 Å². The fourth-order valence-corrected chi connectivity index (χ4v) is 3.99. The Morgan fingerprint density at radius 2 is 1.23 bits per heavy atom. The van der Waals surface area contributed by atoms with Crippen LogP contribution in [0, 0.1) is 0 Å². The highest BCUT2D eigenvalue weighted by Crippen LogP contribution is 2.36. The molecule has 0 aromatic heterocycles. The smallest absolute Gasteiger partial charge is 0.322 e. The summed E-state index contributed by atoms with van der Waals surface area (Å²) in [5, 5.41) is 7.98. The minimum absolute atomic E-state index is 0.0899. The Bertz CT molecular complexity index is 972. The van der Waals surface area contributed by atoms with Crippen molar-refractivity contribution in [2.45, 2.75) is 24.4 Å². The molecule has 156 valence electrons. The van der Waals surface area contributed by atoms with Gasteiger partial charge in [-0.1, -0.05) is 91.0 Å². The Labute approximate surface area is 180 Å². The molecule has 4 amide bonds. The van der Waals surface area contributed by atoms with Crippen molar-refractivity contribution in [2.24, 2.45) is 0 Å². The first kappa shape index (κ1) is 20.3. The first-order valence-corrected chi connectivity index (χ1v) is 10.2. The number of urea groups is 1. The molecule has 3 aromatic carbocycles. The molecule has 1 fully saturated rings. The standard InChI is InChI=1S/C25H23N3O3/c29-22(17-16-21-23(30)27-24(31)26-21)28-25(18-10-4-1-5-11-18,19-12-6-2-7-13-19)20-14-8-3-9-15-20/h1-15,21H,16-17H2,(H,28,29)(H2,26,27,30,31)/t21-/m0/s1. The normalized spacial score (nSPS) is 15.8. The van der Waals surface area contributed by atoms with Gasteiger partial charge in [0.1, 0.15) is 11.6 Å². The number of imide groups is 1. The summed E-state index contributed by atoms with van der Waals surface area (Å²) in [4.78, 5) is 36.3. The van der Waals surface area contributed by atoms with Gasteiger partial charge in [-0.15, -0.1) is 0 Å². The highest BCUT2D eigenvalue weighted by atomic mass is 16.2. The summed E-state index contributed by atoms with van der Waals surface area (Å²) in [6.45, 7) is 0. The average molecular weight is 413 g/mol. The minimum atomic E-state index is -0.901. The molecule has 4 rings (SSSR count). The molecular formula is C25H23N3O3. The molecule has 0 radical (unpaired) electrons. The molecule has 0 bridgehead atoms. The first-order chi connectivity index (χ1) is 15.1. The number of carbonyl (C=O) groups is 3. The van der Waals surface area contributed by atoms with Gasteiger partial charge in [0.2, 0.25) is 5.91 Å². The van der Waals surface area contributed by atoms with E-state index in [1.54, 1.807) is 0 Å². The topological polar surface area (TPSA) is 87.3 Å². The second-order valence-electron chi connectivity index (χ2n) is 7.45. The first-order valence-electron chi connectivity index (χ1n) is 10.2. The van der Waals surface area contributed by atoms with Gasteiger partial charge in [0.05, 0.1) is 0 Å². The van der Waals surface area contributed by atoms with Crippen LogP contribution in [-0.4, -0.2) is 23.9 Å². The molecule has 3 aromatic rings. The van der Waals surface area contributed by atoms with E-state index in [9.17, 15) is 14.4 Å². The summed E-state index contributed by atoms with van der Waals surface area (Å²) in [5.74, 6) is -0.622. The van der Waals surface area contributed by atoms with Gasteiger partial charge in [0.25, 0.3) is 5.91 Å². The molecule has 0 saturated carbocycles. The number of nitrogens with one attached hydrogen (secondary N) is 3. The van der Waals surface area contributed by atoms with E-state index < -0.39 is 23.5 Å². The number of hydrogen-bond donors (Lipinski definition) is 3. The Hall–Kier alpha value is -3.93. The number of rotatable bonds is 7. The van der Waals surface area contributed by atoms with Crippen LogP contribution in [0.15, 0.2) is 91.0 Å². The predicted octanol–water partition coefficient (Wildman–Crippen LogP) is 3.08. The molecule has 1 aliphatic rings. The van der Waals surface area contributed by atoms with Gasteiger partial charge >= 0.3 is 6.03 Å². The van der Waals surface area contributed by atoms with E-state index in [0.717, 1.165) is 16.7 Å². The van der Waals surface area contributed by atoms with Crippen LogP contribution >= 0.6 is 0 Å². The van der Waals surface area contributed by atoms with E-state index in [1.807, 2.05) is 91.0 Å². The molecule has 1 atom stereocenters. The van der Waals surface area contributed by atoms with Crippen molar-refractivity contribution < 1.29 is 14.4 Å². The van der Waals surface area contributed by atoms with Crippen LogP contribution < -0.4 is 16.0 Å². The molecule has 0 aliphatic carbocycles. The maximum Gasteiger partial charge on any atom is 0.322 e. The monoisotopic (exact) mass is 413 g/mol. The summed E-state index contributed by atoms with van der Waals surface area (Å²) >= 11 is 0. The third kappa shape index (κ3) is 4.19. The maximum absolute atomic E-state index is 13.2. The highest BCUT2D eigenvalue weighted by molar-refractivity contribution is 6.04. The van der Waals surface area contributed by atoms with Crippen LogP contribution in [0.2, 0.25) is 0 Å². The van der Waals surface area contributed by atoms with E-state index in [4.69, 9.17) is 0 Å². The lowest BCUT2D eigenvalue weighted by atomic mass is 9.77. The molecular weight excluding hydrogens is 390 g/mol. The largest absolute Gasteiger partial charge is 0.338 e. The molecule has 6 heteroatoms. The number of amides is 4. The Balaban J connectivity index is 1.71. The molecule has 1 heterocycles. The van der Waals surface area contributed by atoms with Gasteiger partial charge in [-0.3, -0.25) is 14.9 Å². The van der Waals surface area contributed by atoms with Crippen LogP contribution in [0.1, 0.15) is 29.5 Å². The second-order valence-corrected chi connectivity index (χ2v) is 7.45. The van der Waals surface area contributed by atoms with Crippen molar-refractivity contribution in [2.75, 3.05) is 0 Å². The summed E-state index contributed by atoms with van der Waals surface area (Å²) in [5.41, 5.74) is 1.87. The molecule has 3 N–H and O–H groups in total. The van der Waals surface area contributed by atoms with E-state index in [1.165, 1.54) is 0 Å². The lowest BCUT2D eigenvalue weighted by Gasteiger charge is -2.37. The zero-order valence-electron chi connectivity index (χ0n) is 16.9. The summed E-state index contributed by atoms with van der Waals surface area (Å²) in [6, 6.07) is 28.2. The van der Waals surface area contributed by atoms with Crippen LogP contribution in [0.3, 0.4) is 0 Å². The lowest BCUT2D eigenvalue weighted by Crippen LogP contribution is -2.48. The van der Waals surface area contributed by atoms with E-state index in [-0.39, 0.29) is 18.7 Å². The second kappa shape index (κ2) is 8.83. The van der Waals surface area contributed by atoms with E-state index in [0.29, 0.717) is 0 Å². The Morgan fingerprint density at radius 3 is 1.61 bits per heavy atom. The van der Waals surface area contributed by atoms with Crippen LogP contribution in [0.25, 0.3) is 0 Å². The van der Waals surface area contributed by atoms with Gasteiger partial charge in [0, 0.05) is 6.42 Å². The van der Waals surface area contributed by atoms with Crippen molar-refractivity contribution in [3.8, 4) is 0 Å². The number of hydrogen-bond acceptors (Lipinski definition) is 3. The number of benzene rings is 3. The van der Waals surface area contributed by atoms with Crippen LogP contribution in [0.5, 0.6) is 0 Å². The van der Waals surface area contributed by atoms with E-state index >= 15 is 0 Å². The summed E-state index contributed by atoms with van der Waals surface area (Å²) < 4.78 is 0. The number of carbonyl (C=O) groups excluding carboxylic acids is 3. The molecule has 0 unspecified atom stereocenters. The van der Waals surface area contributed by atoms with Crippen molar-refractivity contribution in [1.82, 2.24) is 16.0 Å². The van der Waals surface area contributed by atoms with Gasteiger partial charge in [-0.2, -0.15) is 0 Å². The van der Waals surface area contributed by atoms with E-state index in [2.05, 4.69) is 16.0 Å². The molecule has 31 heavy (non-hydrogen) atoms. The van der Waals surface area contributed by atoms with Crippen molar-refractivity contribution >= 4 is 17.8 Å². The Morgan fingerprint density at radius 1 is 0.774 bits per heavy atom. The van der Waals surface area contributed by atoms with Crippen molar-refractivity contribution in [1.29, 1.82) is 0 Å². The summed E-state index contributed by atoms with van der Waals surface area (Å²) in [6.07, 6.45) is 0.310. The molecule has 0 spiro atoms. The third-order valence-corrected chi connectivity index (χ3v) is 5.47. The fourth-order valence-electron chi connectivity index (χ4n) is 3.99. The zero-order chi connectivity index (χ0) is 21.7. The Kier molecular flexibility index (Phi) is 5.80. The van der Waals surface area contributed by atoms with Gasteiger partial charge in [-0.25, -0.2) is 4.79 Å². The SMILES string of the molecule is O=C(CC[C@@H]1NC(=O)NC1=O)NC(c1ccccc1)(c1ccccc1)c1ccccc1. The molecule has 1 saturated heterocycles. The summed E-state index contributed by atoms with van der Waals surface area (Å²) in [7, 11) is 0. The zero-order valence-corrected chi connectivity index (χ0v) is 16.9. The quantitative estimate of drug-likeness (QED) is 0.411. The van der Waals surface area contributed by atoms with Crippen molar-refractivity contribution in [3.05, 3.63) is 108 Å². The lowest BCUT2D eigenvalue weighted by molar-refractivity contribution is -0.123. The predicted molar refractivity (Wildman–Crippen MR) is 117 cm³/mol. The fraction of sp³-hybridized carbons (Fsp3) is 0.160. The van der Waals surface area contributed by atoms with Crippen LogP contribution in [-0.2, 0) is 15.1 Å². The van der Waals surface area contributed by atoms with Gasteiger partial charge in [-0.05, 0) is 23.1 Å². The molecule has 1 aliphatic heterocycles. The maximum atomic E-state index is 13.2. The third-order valence-electron chi connectivity index (χ3n) is 5.47. The molecule has 6 nitrogen and oxygen atoms in total. The minimum Gasteiger partial charge on any atom is -0.338 e. The highest BCUT2D eigenvalue weighted by Gasteiger charge is 2.38. The van der Waals surface area contributed by atoms with Gasteiger partial charge in [0.15, 0.2) is 0 Å². The average Bonchev–Trinajstić information content (AvgIpc) is 3.14. The van der Waals surface area contributed by atoms with Gasteiger partial charge < -0.3 is 10.6 Å².